The lowest BCUT2D eigenvalue weighted by Crippen LogP contribution is -2.32. The molecule has 1 aliphatic heterocycles. The van der Waals surface area contributed by atoms with E-state index >= 15 is 0 Å². The number of rotatable bonds is 5. The number of hydrogen-bond donors (Lipinski definition) is 2. The van der Waals surface area contributed by atoms with Crippen molar-refractivity contribution < 1.29 is 19.0 Å². The van der Waals surface area contributed by atoms with Crippen LogP contribution in [0.4, 0.5) is 10.2 Å². The Morgan fingerprint density at radius 1 is 1.39 bits per heavy atom. The van der Waals surface area contributed by atoms with Gasteiger partial charge in [-0.25, -0.2) is 9.78 Å². The molecule has 2 fully saturated rings. The van der Waals surface area contributed by atoms with Gasteiger partial charge in [0, 0.05) is 6.04 Å². The highest BCUT2D eigenvalue weighted by Crippen LogP contribution is 2.32. The van der Waals surface area contributed by atoms with Crippen molar-refractivity contribution in [2.75, 3.05) is 18.5 Å². The molecule has 0 aromatic carbocycles. The average Bonchev–Trinajstić information content (AvgIpc) is 3.15. The molecule has 0 unspecified atom stereocenters. The summed E-state index contributed by atoms with van der Waals surface area (Å²) >= 11 is 0. The first-order valence-corrected chi connectivity index (χ1v) is 7.45. The molecule has 0 radical (unpaired) electrons. The number of carboxylic acid groups (broad SMARTS) is 1. The van der Waals surface area contributed by atoms with Crippen molar-refractivity contribution in [1.29, 1.82) is 0 Å². The lowest BCUT2D eigenvalue weighted by Gasteiger charge is -2.28. The molecule has 0 atom stereocenters. The fourth-order valence-electron chi connectivity index (χ4n) is 2.56. The summed E-state index contributed by atoms with van der Waals surface area (Å²) in [6, 6.07) is 3.49. The lowest BCUT2D eigenvalue weighted by molar-refractivity contribution is -0.0279. The van der Waals surface area contributed by atoms with Gasteiger partial charge in [-0.05, 0) is 25.0 Å². The highest BCUT2D eigenvalue weighted by atomic mass is 19.1. The fourth-order valence-corrected chi connectivity index (χ4v) is 2.56. The second-order valence-electron chi connectivity index (χ2n) is 5.80. The SMILES string of the molecule is O=C(O)c1cnn(C2COC2)c1-c1ccc(NC2CC2)nc1F. The molecule has 0 bridgehead atoms. The Morgan fingerprint density at radius 2 is 2.17 bits per heavy atom. The molecule has 2 aliphatic rings. The van der Waals surface area contributed by atoms with Crippen molar-refractivity contribution in [3.63, 3.8) is 0 Å². The molecule has 2 aromatic rings. The predicted octanol–water partition coefficient (Wildman–Crippen LogP) is 1.93. The summed E-state index contributed by atoms with van der Waals surface area (Å²) in [7, 11) is 0. The highest BCUT2D eigenvalue weighted by Gasteiger charge is 2.30. The van der Waals surface area contributed by atoms with Gasteiger partial charge in [0.1, 0.15) is 11.4 Å². The van der Waals surface area contributed by atoms with Crippen molar-refractivity contribution in [3.05, 3.63) is 29.8 Å². The molecule has 8 heteroatoms. The van der Waals surface area contributed by atoms with E-state index < -0.39 is 11.9 Å². The number of anilines is 1. The van der Waals surface area contributed by atoms with Crippen LogP contribution in [-0.4, -0.2) is 45.1 Å². The maximum absolute atomic E-state index is 14.5. The molecule has 1 saturated carbocycles. The quantitative estimate of drug-likeness (QED) is 0.819. The molecule has 3 heterocycles. The van der Waals surface area contributed by atoms with Crippen LogP contribution in [0.25, 0.3) is 11.3 Å². The van der Waals surface area contributed by atoms with Gasteiger partial charge in [-0.2, -0.15) is 9.49 Å². The van der Waals surface area contributed by atoms with E-state index in [9.17, 15) is 14.3 Å². The smallest absolute Gasteiger partial charge is 0.339 e. The summed E-state index contributed by atoms with van der Waals surface area (Å²) in [5.74, 6) is -1.39. The molecule has 120 valence electrons. The Balaban J connectivity index is 1.76. The lowest BCUT2D eigenvalue weighted by atomic mass is 10.1. The van der Waals surface area contributed by atoms with Crippen molar-refractivity contribution in [1.82, 2.24) is 14.8 Å². The third kappa shape index (κ3) is 2.55. The van der Waals surface area contributed by atoms with E-state index in [4.69, 9.17) is 4.74 Å². The van der Waals surface area contributed by atoms with Gasteiger partial charge >= 0.3 is 5.97 Å². The maximum atomic E-state index is 14.5. The zero-order valence-electron chi connectivity index (χ0n) is 12.2. The first-order valence-electron chi connectivity index (χ1n) is 7.45. The normalized spacial score (nSPS) is 17.8. The van der Waals surface area contributed by atoms with E-state index in [0.29, 0.717) is 25.1 Å². The zero-order valence-corrected chi connectivity index (χ0v) is 12.2. The minimum absolute atomic E-state index is 0.0412. The molecule has 23 heavy (non-hydrogen) atoms. The van der Waals surface area contributed by atoms with Gasteiger partial charge in [0.15, 0.2) is 0 Å². The Morgan fingerprint density at radius 3 is 2.74 bits per heavy atom. The van der Waals surface area contributed by atoms with Crippen LogP contribution in [0.1, 0.15) is 29.2 Å². The summed E-state index contributed by atoms with van der Waals surface area (Å²) in [5.41, 5.74) is 0.322. The number of nitrogens with one attached hydrogen (secondary N) is 1. The van der Waals surface area contributed by atoms with Gasteiger partial charge < -0.3 is 15.2 Å². The number of halogens is 1. The minimum Gasteiger partial charge on any atom is -0.478 e. The van der Waals surface area contributed by atoms with E-state index in [1.165, 1.54) is 10.9 Å². The fraction of sp³-hybridized carbons (Fsp3) is 0.400. The van der Waals surface area contributed by atoms with Crippen LogP contribution in [0, 0.1) is 5.95 Å². The van der Waals surface area contributed by atoms with E-state index in [1.807, 2.05) is 0 Å². The molecule has 1 aliphatic carbocycles. The summed E-state index contributed by atoms with van der Waals surface area (Å²) in [4.78, 5) is 15.3. The number of ether oxygens (including phenoxy) is 1. The molecule has 7 nitrogen and oxygen atoms in total. The molecular formula is C15H15FN4O3. The van der Waals surface area contributed by atoms with Crippen LogP contribution in [0.15, 0.2) is 18.3 Å². The van der Waals surface area contributed by atoms with Crippen LogP contribution in [-0.2, 0) is 4.74 Å². The van der Waals surface area contributed by atoms with Gasteiger partial charge in [-0.3, -0.25) is 4.68 Å². The molecule has 0 amide bonds. The van der Waals surface area contributed by atoms with E-state index in [2.05, 4.69) is 15.4 Å². The number of hydrogen-bond acceptors (Lipinski definition) is 5. The van der Waals surface area contributed by atoms with Crippen LogP contribution >= 0.6 is 0 Å². The number of pyridine rings is 1. The number of aromatic nitrogens is 3. The first-order chi connectivity index (χ1) is 11.1. The maximum Gasteiger partial charge on any atom is 0.339 e. The highest BCUT2D eigenvalue weighted by molar-refractivity contribution is 5.94. The predicted molar refractivity (Wildman–Crippen MR) is 78.9 cm³/mol. The van der Waals surface area contributed by atoms with Gasteiger partial charge in [0.2, 0.25) is 5.95 Å². The molecule has 1 saturated heterocycles. The Bertz CT molecular complexity index is 768. The summed E-state index contributed by atoms with van der Waals surface area (Å²) in [6.45, 7) is 0.869. The number of carboxylic acids is 1. The zero-order chi connectivity index (χ0) is 16.0. The minimum atomic E-state index is -1.15. The summed E-state index contributed by atoms with van der Waals surface area (Å²) in [6.07, 6.45) is 3.36. The number of nitrogens with zero attached hydrogens (tertiary/aromatic N) is 3. The molecule has 0 spiro atoms. The van der Waals surface area contributed by atoms with E-state index in [1.54, 1.807) is 12.1 Å². The van der Waals surface area contributed by atoms with Crippen LogP contribution in [0.2, 0.25) is 0 Å². The average molecular weight is 318 g/mol. The Kier molecular flexibility index (Phi) is 3.26. The first kappa shape index (κ1) is 14.1. The van der Waals surface area contributed by atoms with Crippen LogP contribution < -0.4 is 5.32 Å². The molecule has 2 N–H and O–H groups in total. The van der Waals surface area contributed by atoms with E-state index in [-0.39, 0.29) is 22.9 Å². The summed E-state index contributed by atoms with van der Waals surface area (Å²) < 4.78 is 21.1. The summed E-state index contributed by atoms with van der Waals surface area (Å²) in [5, 5.41) is 16.6. The molecular weight excluding hydrogens is 303 g/mol. The molecule has 2 aromatic heterocycles. The third-order valence-corrected chi connectivity index (χ3v) is 4.03. The van der Waals surface area contributed by atoms with Crippen molar-refractivity contribution in [3.8, 4) is 11.3 Å². The van der Waals surface area contributed by atoms with Crippen LogP contribution in [0.5, 0.6) is 0 Å². The van der Waals surface area contributed by atoms with Gasteiger partial charge in [-0.1, -0.05) is 0 Å². The van der Waals surface area contributed by atoms with Crippen molar-refractivity contribution in [2.24, 2.45) is 0 Å². The second kappa shape index (κ2) is 5.31. The van der Waals surface area contributed by atoms with E-state index in [0.717, 1.165) is 12.8 Å². The van der Waals surface area contributed by atoms with Gasteiger partial charge in [0.05, 0.1) is 36.7 Å². The Labute approximate surface area is 131 Å². The van der Waals surface area contributed by atoms with Crippen molar-refractivity contribution in [2.45, 2.75) is 24.9 Å². The van der Waals surface area contributed by atoms with Crippen LogP contribution in [0.3, 0.4) is 0 Å². The largest absolute Gasteiger partial charge is 0.478 e. The monoisotopic (exact) mass is 318 g/mol. The third-order valence-electron chi connectivity index (χ3n) is 4.03. The van der Waals surface area contributed by atoms with Gasteiger partial charge in [-0.15, -0.1) is 0 Å². The second-order valence-corrected chi connectivity index (χ2v) is 5.80. The standard InChI is InChI=1S/C15H15FN4O3/c16-14-10(3-4-12(19-14)18-8-1-2-8)13-11(15(21)22)5-17-20(13)9-6-23-7-9/h3-5,8-9H,1-2,6-7H2,(H,18,19)(H,21,22). The molecule has 4 rings (SSSR count). The number of carbonyl (C=O) groups is 1. The van der Waals surface area contributed by atoms with Crippen molar-refractivity contribution >= 4 is 11.8 Å². The topological polar surface area (TPSA) is 89.3 Å². The number of aromatic carboxylic acids is 1. The Hall–Kier alpha value is -2.48. The van der Waals surface area contributed by atoms with Gasteiger partial charge in [0.25, 0.3) is 0 Å².